The van der Waals surface area contributed by atoms with Crippen LogP contribution in [0.3, 0.4) is 0 Å². The smallest absolute Gasteiger partial charge is 0.261 e. The molecule has 8 nitrogen and oxygen atoms in total. The SMILES string of the molecule is Cc1noc(C2CN(C(=O)CCCN3C(=O)c4ccccc4C3=O)C2)n1. The highest BCUT2D eigenvalue weighted by atomic mass is 16.5. The van der Waals surface area contributed by atoms with Crippen molar-refractivity contribution < 1.29 is 18.9 Å². The van der Waals surface area contributed by atoms with Crippen LogP contribution in [0.1, 0.15) is 51.2 Å². The van der Waals surface area contributed by atoms with Gasteiger partial charge in [-0.15, -0.1) is 0 Å². The molecule has 2 aromatic rings. The molecule has 2 aliphatic rings. The third kappa shape index (κ3) is 2.77. The lowest BCUT2D eigenvalue weighted by atomic mass is 9.99. The van der Waals surface area contributed by atoms with Crippen LogP contribution >= 0.6 is 0 Å². The fourth-order valence-corrected chi connectivity index (χ4v) is 3.31. The van der Waals surface area contributed by atoms with Gasteiger partial charge in [-0.05, 0) is 25.5 Å². The Balaban J connectivity index is 1.25. The lowest BCUT2D eigenvalue weighted by Crippen LogP contribution is -2.48. The van der Waals surface area contributed by atoms with Crippen molar-refractivity contribution in [1.82, 2.24) is 19.9 Å². The van der Waals surface area contributed by atoms with E-state index in [2.05, 4.69) is 10.1 Å². The predicted molar refractivity (Wildman–Crippen MR) is 89.4 cm³/mol. The summed E-state index contributed by atoms with van der Waals surface area (Å²) < 4.78 is 5.12. The van der Waals surface area contributed by atoms with Gasteiger partial charge in [-0.3, -0.25) is 19.3 Å². The van der Waals surface area contributed by atoms with Gasteiger partial charge in [0, 0.05) is 26.1 Å². The van der Waals surface area contributed by atoms with Crippen molar-refractivity contribution in [3.63, 3.8) is 0 Å². The first-order valence-corrected chi connectivity index (χ1v) is 8.58. The van der Waals surface area contributed by atoms with Gasteiger partial charge in [-0.1, -0.05) is 17.3 Å². The largest absolute Gasteiger partial charge is 0.341 e. The van der Waals surface area contributed by atoms with Crippen LogP contribution < -0.4 is 0 Å². The van der Waals surface area contributed by atoms with E-state index in [0.717, 1.165) is 0 Å². The van der Waals surface area contributed by atoms with Gasteiger partial charge in [0.15, 0.2) is 5.82 Å². The Morgan fingerprint density at radius 1 is 1.19 bits per heavy atom. The zero-order valence-electron chi connectivity index (χ0n) is 14.3. The second kappa shape index (κ2) is 6.36. The van der Waals surface area contributed by atoms with Gasteiger partial charge >= 0.3 is 0 Å². The van der Waals surface area contributed by atoms with Crippen molar-refractivity contribution in [2.75, 3.05) is 19.6 Å². The normalized spacial score (nSPS) is 16.8. The molecule has 0 bridgehead atoms. The summed E-state index contributed by atoms with van der Waals surface area (Å²) in [5, 5.41) is 3.76. The molecule has 0 unspecified atom stereocenters. The second-order valence-corrected chi connectivity index (χ2v) is 6.59. The van der Waals surface area contributed by atoms with Gasteiger partial charge < -0.3 is 9.42 Å². The maximum atomic E-state index is 12.3. The van der Waals surface area contributed by atoms with Crippen molar-refractivity contribution in [2.45, 2.75) is 25.7 Å². The van der Waals surface area contributed by atoms with Crippen LogP contribution in [0.15, 0.2) is 28.8 Å². The molecule has 26 heavy (non-hydrogen) atoms. The molecule has 2 aliphatic heterocycles. The van der Waals surface area contributed by atoms with E-state index in [-0.39, 0.29) is 30.2 Å². The number of carbonyl (C=O) groups excluding carboxylic acids is 3. The molecule has 1 saturated heterocycles. The van der Waals surface area contributed by atoms with Gasteiger partial charge in [-0.2, -0.15) is 4.98 Å². The summed E-state index contributed by atoms with van der Waals surface area (Å²) in [4.78, 5) is 43.9. The van der Waals surface area contributed by atoms with Crippen LogP contribution in [0.25, 0.3) is 0 Å². The molecule has 0 atom stereocenters. The number of hydrogen-bond acceptors (Lipinski definition) is 6. The molecule has 0 radical (unpaired) electrons. The average molecular weight is 354 g/mol. The number of aryl methyl sites for hydroxylation is 1. The van der Waals surface area contributed by atoms with E-state index in [4.69, 9.17) is 4.52 Å². The summed E-state index contributed by atoms with van der Waals surface area (Å²) in [5.41, 5.74) is 0.869. The van der Waals surface area contributed by atoms with E-state index >= 15 is 0 Å². The molecule has 1 aromatic carbocycles. The van der Waals surface area contributed by atoms with Crippen LogP contribution in [0, 0.1) is 6.92 Å². The van der Waals surface area contributed by atoms with Crippen LogP contribution in [-0.2, 0) is 4.79 Å². The Labute approximate surface area is 149 Å². The van der Waals surface area contributed by atoms with Crippen LogP contribution in [0.4, 0.5) is 0 Å². The Kier molecular flexibility index (Phi) is 4.02. The molecule has 4 rings (SSSR count). The first-order chi connectivity index (χ1) is 12.5. The van der Waals surface area contributed by atoms with Crippen molar-refractivity contribution in [1.29, 1.82) is 0 Å². The summed E-state index contributed by atoms with van der Waals surface area (Å²) in [6.45, 7) is 3.13. The molecule has 0 aliphatic carbocycles. The van der Waals surface area contributed by atoms with Crippen molar-refractivity contribution in [3.05, 3.63) is 47.1 Å². The standard InChI is InChI=1S/C18H18N4O4/c1-11-19-16(26-20-11)12-9-21(10-12)15(23)7-4-8-22-17(24)13-5-2-3-6-14(13)18(22)25/h2-3,5-6,12H,4,7-10H2,1H3. The Hall–Kier alpha value is -3.03. The van der Waals surface area contributed by atoms with Crippen molar-refractivity contribution >= 4 is 17.7 Å². The lowest BCUT2D eigenvalue weighted by molar-refractivity contribution is -0.136. The maximum absolute atomic E-state index is 12.3. The van der Waals surface area contributed by atoms with E-state index in [1.165, 1.54) is 4.90 Å². The van der Waals surface area contributed by atoms with Crippen molar-refractivity contribution in [2.24, 2.45) is 0 Å². The molecule has 0 N–H and O–H groups in total. The quantitative estimate of drug-likeness (QED) is 0.753. The fourth-order valence-electron chi connectivity index (χ4n) is 3.31. The number of nitrogens with zero attached hydrogens (tertiary/aromatic N) is 4. The lowest BCUT2D eigenvalue weighted by Gasteiger charge is -2.37. The van der Waals surface area contributed by atoms with E-state index in [1.807, 2.05) is 0 Å². The zero-order chi connectivity index (χ0) is 18.3. The topological polar surface area (TPSA) is 96.6 Å². The van der Waals surface area contributed by atoms with Gasteiger partial charge in [-0.25, -0.2) is 0 Å². The third-order valence-corrected chi connectivity index (χ3v) is 4.78. The van der Waals surface area contributed by atoms with Crippen molar-refractivity contribution in [3.8, 4) is 0 Å². The molecule has 0 saturated carbocycles. The minimum absolute atomic E-state index is 0.00842. The molecule has 134 valence electrons. The number of amides is 3. The number of likely N-dealkylation sites (tertiary alicyclic amines) is 1. The molecule has 8 heteroatoms. The van der Waals surface area contributed by atoms with E-state index < -0.39 is 0 Å². The summed E-state index contributed by atoms with van der Waals surface area (Å²) in [5.74, 6) is 0.691. The Morgan fingerprint density at radius 2 is 1.85 bits per heavy atom. The summed E-state index contributed by atoms with van der Waals surface area (Å²) in [7, 11) is 0. The number of imide groups is 1. The van der Waals surface area contributed by atoms with Crippen LogP contribution in [-0.4, -0.2) is 57.3 Å². The van der Waals surface area contributed by atoms with Crippen LogP contribution in [0.5, 0.6) is 0 Å². The molecular formula is C18H18N4O4. The van der Waals surface area contributed by atoms with Gasteiger partial charge in [0.2, 0.25) is 11.8 Å². The zero-order valence-corrected chi connectivity index (χ0v) is 14.3. The highest BCUT2D eigenvalue weighted by Crippen LogP contribution is 2.27. The van der Waals surface area contributed by atoms with Crippen LogP contribution in [0.2, 0.25) is 0 Å². The van der Waals surface area contributed by atoms with E-state index in [1.54, 1.807) is 36.1 Å². The number of rotatable bonds is 5. The van der Waals surface area contributed by atoms with E-state index in [0.29, 0.717) is 48.8 Å². The number of fused-ring (bicyclic) bond motifs is 1. The molecular weight excluding hydrogens is 336 g/mol. The first kappa shape index (κ1) is 16.4. The number of aromatic nitrogens is 2. The Bertz CT molecular complexity index is 850. The number of carbonyl (C=O) groups is 3. The second-order valence-electron chi connectivity index (χ2n) is 6.59. The Morgan fingerprint density at radius 3 is 2.42 bits per heavy atom. The highest BCUT2D eigenvalue weighted by Gasteiger charge is 2.36. The third-order valence-electron chi connectivity index (χ3n) is 4.78. The summed E-state index contributed by atoms with van der Waals surface area (Å²) in [6.07, 6.45) is 0.744. The average Bonchev–Trinajstić information content (AvgIpc) is 3.11. The molecule has 3 amide bonds. The monoisotopic (exact) mass is 354 g/mol. The summed E-state index contributed by atoms with van der Waals surface area (Å²) in [6, 6.07) is 6.78. The van der Waals surface area contributed by atoms with Gasteiger partial charge in [0.25, 0.3) is 11.8 Å². The summed E-state index contributed by atoms with van der Waals surface area (Å²) >= 11 is 0. The first-order valence-electron chi connectivity index (χ1n) is 8.58. The predicted octanol–water partition coefficient (Wildman–Crippen LogP) is 1.38. The maximum Gasteiger partial charge on any atom is 0.261 e. The van der Waals surface area contributed by atoms with Gasteiger partial charge in [0.1, 0.15) is 0 Å². The highest BCUT2D eigenvalue weighted by molar-refractivity contribution is 6.21. The minimum Gasteiger partial charge on any atom is -0.341 e. The molecule has 3 heterocycles. The fraction of sp³-hybridized carbons (Fsp3) is 0.389. The van der Waals surface area contributed by atoms with Gasteiger partial charge in [0.05, 0.1) is 17.0 Å². The molecule has 1 aromatic heterocycles. The molecule has 1 fully saturated rings. The van der Waals surface area contributed by atoms with E-state index in [9.17, 15) is 14.4 Å². The number of benzene rings is 1. The minimum atomic E-state index is -0.283. The molecule has 0 spiro atoms. The number of hydrogen-bond donors (Lipinski definition) is 0.